The molecule has 0 fully saturated rings. The van der Waals surface area contributed by atoms with Crippen LogP contribution < -0.4 is 10.2 Å². The Hall–Kier alpha value is -1.51. The van der Waals surface area contributed by atoms with Gasteiger partial charge >= 0.3 is 0 Å². The number of anilines is 2. The van der Waals surface area contributed by atoms with E-state index in [1.165, 1.54) is 12.1 Å². The minimum Gasteiger partial charge on any atom is -0.385 e. The summed E-state index contributed by atoms with van der Waals surface area (Å²) in [7, 11) is 2.13. The van der Waals surface area contributed by atoms with Crippen LogP contribution in [0.3, 0.4) is 0 Å². The quantitative estimate of drug-likeness (QED) is 0.593. The van der Waals surface area contributed by atoms with Crippen LogP contribution in [0.4, 0.5) is 11.4 Å². The summed E-state index contributed by atoms with van der Waals surface area (Å²) in [6, 6.07) is 8.55. The van der Waals surface area contributed by atoms with Gasteiger partial charge in [0.25, 0.3) is 0 Å². The van der Waals surface area contributed by atoms with Crippen LogP contribution in [0, 0.1) is 17.8 Å². The molecule has 130 valence electrons. The van der Waals surface area contributed by atoms with Crippen molar-refractivity contribution in [1.82, 2.24) is 0 Å². The van der Waals surface area contributed by atoms with Gasteiger partial charge in [0.2, 0.25) is 0 Å². The van der Waals surface area contributed by atoms with Crippen molar-refractivity contribution >= 4 is 17.7 Å². The van der Waals surface area contributed by atoms with Gasteiger partial charge in [-0.3, -0.25) is 0 Å². The molecule has 1 N–H and O–H groups in total. The molecule has 0 bridgehead atoms. The minimum atomic E-state index is 0.164. The number of nitrogens with one attached hydrogen (secondary N) is 1. The van der Waals surface area contributed by atoms with Crippen molar-refractivity contribution in [2.24, 2.45) is 17.8 Å². The number of rotatable bonds is 11. The topological polar surface area (TPSA) is 32.3 Å². The zero-order valence-electron chi connectivity index (χ0n) is 15.5. The molecule has 1 aromatic rings. The molecule has 2 unspecified atom stereocenters. The van der Waals surface area contributed by atoms with Crippen molar-refractivity contribution in [3.05, 3.63) is 24.3 Å². The van der Waals surface area contributed by atoms with Gasteiger partial charge in [0, 0.05) is 37.4 Å². The molecule has 0 saturated carbocycles. The molecule has 1 aromatic carbocycles. The van der Waals surface area contributed by atoms with E-state index in [0.717, 1.165) is 37.9 Å². The Kier molecular flexibility index (Phi) is 8.75. The SMILES string of the molecule is CCNc1ccc(N(C)CC(CCC(C)C)C(C=O)CC)cc1. The van der Waals surface area contributed by atoms with Gasteiger partial charge < -0.3 is 15.0 Å². The molecule has 3 nitrogen and oxygen atoms in total. The molecule has 2 atom stereocenters. The fourth-order valence-corrected chi connectivity index (χ4v) is 3.02. The highest BCUT2D eigenvalue weighted by atomic mass is 16.1. The Labute approximate surface area is 142 Å². The highest BCUT2D eigenvalue weighted by molar-refractivity contribution is 5.56. The summed E-state index contributed by atoms with van der Waals surface area (Å²) < 4.78 is 0. The normalized spacial score (nSPS) is 13.7. The number of nitrogens with zero attached hydrogens (tertiary/aromatic N) is 1. The fraction of sp³-hybridized carbons (Fsp3) is 0.650. The Morgan fingerprint density at radius 3 is 2.26 bits per heavy atom. The van der Waals surface area contributed by atoms with E-state index in [4.69, 9.17) is 0 Å². The number of benzene rings is 1. The largest absolute Gasteiger partial charge is 0.385 e. The van der Waals surface area contributed by atoms with Gasteiger partial charge in [-0.15, -0.1) is 0 Å². The van der Waals surface area contributed by atoms with Crippen molar-refractivity contribution in [3.8, 4) is 0 Å². The van der Waals surface area contributed by atoms with E-state index in [1.807, 2.05) is 0 Å². The van der Waals surface area contributed by atoms with Gasteiger partial charge in [-0.2, -0.15) is 0 Å². The first kappa shape index (κ1) is 19.5. The van der Waals surface area contributed by atoms with Crippen LogP contribution in [-0.4, -0.2) is 26.4 Å². The smallest absolute Gasteiger partial charge is 0.123 e. The van der Waals surface area contributed by atoms with Crippen LogP contribution in [0.15, 0.2) is 24.3 Å². The molecule has 0 aliphatic rings. The summed E-state index contributed by atoms with van der Waals surface area (Å²) in [6.45, 7) is 10.6. The standard InChI is InChI=1S/C20H34N2O/c1-6-17(15-23)18(9-8-16(3)4)14-22(5)20-12-10-19(11-13-20)21-7-2/h10-13,15-18,21H,6-9,14H2,1-5H3. The molecule has 3 heteroatoms. The maximum Gasteiger partial charge on any atom is 0.123 e. The van der Waals surface area contributed by atoms with Crippen molar-refractivity contribution in [2.45, 2.75) is 47.0 Å². The number of aldehydes is 1. The van der Waals surface area contributed by atoms with Gasteiger partial charge in [0.05, 0.1) is 0 Å². The Bertz CT molecular complexity index is 441. The van der Waals surface area contributed by atoms with E-state index in [9.17, 15) is 4.79 Å². The van der Waals surface area contributed by atoms with Crippen LogP contribution >= 0.6 is 0 Å². The average Bonchev–Trinajstić information content (AvgIpc) is 2.54. The molecule has 0 aliphatic heterocycles. The predicted molar refractivity (Wildman–Crippen MR) is 101 cm³/mol. The Balaban J connectivity index is 2.73. The molecule has 0 heterocycles. The van der Waals surface area contributed by atoms with E-state index in [1.54, 1.807) is 0 Å². The molecule has 0 amide bonds. The minimum absolute atomic E-state index is 0.164. The maximum absolute atomic E-state index is 11.4. The third-order valence-electron chi connectivity index (χ3n) is 4.56. The second-order valence-electron chi connectivity index (χ2n) is 6.90. The first-order valence-corrected chi connectivity index (χ1v) is 9.02. The van der Waals surface area contributed by atoms with Crippen molar-refractivity contribution in [1.29, 1.82) is 0 Å². The summed E-state index contributed by atoms with van der Waals surface area (Å²) in [5.74, 6) is 1.28. The lowest BCUT2D eigenvalue weighted by molar-refractivity contribution is -0.112. The van der Waals surface area contributed by atoms with E-state index in [0.29, 0.717) is 11.8 Å². The van der Waals surface area contributed by atoms with Crippen LogP contribution in [0.2, 0.25) is 0 Å². The van der Waals surface area contributed by atoms with Crippen LogP contribution in [-0.2, 0) is 4.79 Å². The van der Waals surface area contributed by atoms with Crippen LogP contribution in [0.25, 0.3) is 0 Å². The second kappa shape index (κ2) is 10.3. The van der Waals surface area contributed by atoms with Crippen LogP contribution in [0.1, 0.15) is 47.0 Å². The zero-order chi connectivity index (χ0) is 17.2. The highest BCUT2D eigenvalue weighted by Crippen LogP contribution is 2.25. The van der Waals surface area contributed by atoms with Crippen molar-refractivity contribution < 1.29 is 4.79 Å². The third-order valence-corrected chi connectivity index (χ3v) is 4.56. The second-order valence-corrected chi connectivity index (χ2v) is 6.90. The van der Waals surface area contributed by atoms with Gasteiger partial charge in [-0.25, -0.2) is 0 Å². The number of hydrogen-bond donors (Lipinski definition) is 1. The average molecular weight is 319 g/mol. The van der Waals surface area contributed by atoms with Gasteiger partial charge in [0.1, 0.15) is 6.29 Å². The summed E-state index contributed by atoms with van der Waals surface area (Å²) >= 11 is 0. The van der Waals surface area contributed by atoms with E-state index < -0.39 is 0 Å². The molecule has 0 radical (unpaired) electrons. The van der Waals surface area contributed by atoms with E-state index >= 15 is 0 Å². The van der Waals surface area contributed by atoms with Gasteiger partial charge in [-0.05, 0) is 55.9 Å². The van der Waals surface area contributed by atoms with Gasteiger partial charge in [-0.1, -0.05) is 27.2 Å². The Morgan fingerprint density at radius 1 is 1.13 bits per heavy atom. The summed E-state index contributed by atoms with van der Waals surface area (Å²) in [5.41, 5.74) is 2.36. The summed E-state index contributed by atoms with van der Waals surface area (Å²) in [5, 5.41) is 3.32. The molecular weight excluding hydrogens is 284 g/mol. The lowest BCUT2D eigenvalue weighted by atomic mass is 9.85. The van der Waals surface area contributed by atoms with Crippen molar-refractivity contribution in [3.63, 3.8) is 0 Å². The first-order chi connectivity index (χ1) is 11.0. The lowest BCUT2D eigenvalue weighted by Gasteiger charge is -2.29. The van der Waals surface area contributed by atoms with E-state index in [2.05, 4.69) is 69.2 Å². The summed E-state index contributed by atoms with van der Waals surface area (Å²) in [4.78, 5) is 13.7. The predicted octanol–water partition coefficient (Wildman–Crippen LogP) is 4.83. The molecule has 0 spiro atoms. The Morgan fingerprint density at radius 2 is 1.78 bits per heavy atom. The van der Waals surface area contributed by atoms with E-state index in [-0.39, 0.29) is 5.92 Å². The third kappa shape index (κ3) is 6.64. The highest BCUT2D eigenvalue weighted by Gasteiger charge is 2.21. The molecule has 23 heavy (non-hydrogen) atoms. The van der Waals surface area contributed by atoms with Crippen molar-refractivity contribution in [2.75, 3.05) is 30.4 Å². The molecular formula is C20H34N2O. The molecule has 1 rings (SSSR count). The van der Waals surface area contributed by atoms with Crippen LogP contribution in [0.5, 0.6) is 0 Å². The molecule has 0 aliphatic carbocycles. The zero-order valence-corrected chi connectivity index (χ0v) is 15.5. The number of carbonyl (C=O) groups is 1. The van der Waals surface area contributed by atoms with Gasteiger partial charge in [0.15, 0.2) is 0 Å². The monoisotopic (exact) mass is 318 g/mol. The number of hydrogen-bond acceptors (Lipinski definition) is 3. The molecule has 0 aromatic heterocycles. The lowest BCUT2D eigenvalue weighted by Crippen LogP contribution is -2.31. The number of carbonyl (C=O) groups excluding carboxylic acids is 1. The first-order valence-electron chi connectivity index (χ1n) is 9.02. The molecule has 0 saturated heterocycles. The fourth-order valence-electron chi connectivity index (χ4n) is 3.02. The summed E-state index contributed by atoms with van der Waals surface area (Å²) in [6.07, 6.45) is 4.39. The maximum atomic E-state index is 11.4.